The van der Waals surface area contributed by atoms with Gasteiger partial charge in [0.15, 0.2) is 11.6 Å². The van der Waals surface area contributed by atoms with Crippen molar-refractivity contribution in [1.82, 2.24) is 10.2 Å². The lowest BCUT2D eigenvalue weighted by atomic mass is 9.97. The predicted octanol–water partition coefficient (Wildman–Crippen LogP) is 2.53. The lowest BCUT2D eigenvalue weighted by molar-refractivity contribution is 0.175. The van der Waals surface area contributed by atoms with Crippen LogP contribution < -0.4 is 10.1 Å². The van der Waals surface area contributed by atoms with Gasteiger partial charge in [-0.1, -0.05) is 19.1 Å². The number of para-hydroxylation sites is 1. The SMILES string of the molecule is CCN(CCOc1ccccc1F)CC1CCNCC1. The van der Waals surface area contributed by atoms with Gasteiger partial charge in [-0.25, -0.2) is 4.39 Å². The molecule has 1 aliphatic heterocycles. The molecule has 20 heavy (non-hydrogen) atoms. The monoisotopic (exact) mass is 280 g/mol. The Kier molecular flexibility index (Phi) is 6.27. The number of benzene rings is 1. The summed E-state index contributed by atoms with van der Waals surface area (Å²) in [5.41, 5.74) is 0. The van der Waals surface area contributed by atoms with E-state index in [4.69, 9.17) is 4.74 Å². The van der Waals surface area contributed by atoms with Gasteiger partial charge >= 0.3 is 0 Å². The van der Waals surface area contributed by atoms with E-state index in [9.17, 15) is 4.39 Å². The van der Waals surface area contributed by atoms with Crippen molar-refractivity contribution < 1.29 is 9.13 Å². The van der Waals surface area contributed by atoms with Crippen LogP contribution in [0.15, 0.2) is 24.3 Å². The average Bonchev–Trinajstić information content (AvgIpc) is 2.49. The summed E-state index contributed by atoms with van der Waals surface area (Å²) in [5, 5.41) is 3.39. The Balaban J connectivity index is 1.72. The molecule has 1 N–H and O–H groups in total. The van der Waals surface area contributed by atoms with Crippen LogP contribution in [0.25, 0.3) is 0 Å². The molecule has 0 amide bonds. The van der Waals surface area contributed by atoms with E-state index in [1.807, 2.05) is 0 Å². The fourth-order valence-electron chi connectivity index (χ4n) is 2.65. The van der Waals surface area contributed by atoms with Gasteiger partial charge in [-0.2, -0.15) is 0 Å². The zero-order chi connectivity index (χ0) is 14.2. The van der Waals surface area contributed by atoms with Crippen LogP contribution in [0.4, 0.5) is 4.39 Å². The lowest BCUT2D eigenvalue weighted by Crippen LogP contribution is -2.37. The summed E-state index contributed by atoms with van der Waals surface area (Å²) in [6, 6.07) is 6.59. The topological polar surface area (TPSA) is 24.5 Å². The van der Waals surface area contributed by atoms with Gasteiger partial charge in [0.2, 0.25) is 0 Å². The first-order valence-electron chi connectivity index (χ1n) is 7.60. The molecule has 0 unspecified atom stereocenters. The number of rotatable bonds is 7. The molecular weight excluding hydrogens is 255 g/mol. The molecule has 0 saturated carbocycles. The molecule has 0 atom stereocenters. The second-order valence-electron chi connectivity index (χ2n) is 5.37. The molecule has 112 valence electrons. The molecule has 3 nitrogen and oxygen atoms in total. The van der Waals surface area contributed by atoms with Crippen LogP contribution >= 0.6 is 0 Å². The van der Waals surface area contributed by atoms with E-state index in [1.165, 1.54) is 18.9 Å². The summed E-state index contributed by atoms with van der Waals surface area (Å²) in [6.45, 7) is 7.98. The smallest absolute Gasteiger partial charge is 0.165 e. The molecule has 0 bridgehead atoms. The van der Waals surface area contributed by atoms with Gasteiger partial charge in [0.05, 0.1) is 0 Å². The normalized spacial score (nSPS) is 16.6. The van der Waals surface area contributed by atoms with Crippen molar-refractivity contribution in [2.45, 2.75) is 19.8 Å². The summed E-state index contributed by atoms with van der Waals surface area (Å²) in [7, 11) is 0. The molecule has 0 spiro atoms. The first kappa shape index (κ1) is 15.3. The van der Waals surface area contributed by atoms with Crippen LogP contribution in [0.5, 0.6) is 5.75 Å². The van der Waals surface area contributed by atoms with Crippen LogP contribution in [0.3, 0.4) is 0 Å². The van der Waals surface area contributed by atoms with E-state index in [-0.39, 0.29) is 5.82 Å². The van der Waals surface area contributed by atoms with Crippen LogP contribution in [0.1, 0.15) is 19.8 Å². The summed E-state index contributed by atoms with van der Waals surface area (Å²) in [6.07, 6.45) is 2.51. The molecule has 4 heteroatoms. The number of halogens is 1. The van der Waals surface area contributed by atoms with E-state index >= 15 is 0 Å². The van der Waals surface area contributed by atoms with Crippen LogP contribution in [0.2, 0.25) is 0 Å². The van der Waals surface area contributed by atoms with E-state index in [0.717, 1.165) is 38.6 Å². The largest absolute Gasteiger partial charge is 0.489 e. The first-order chi connectivity index (χ1) is 9.79. The second kappa shape index (κ2) is 8.22. The molecule has 1 aliphatic rings. The fourth-order valence-corrected chi connectivity index (χ4v) is 2.65. The highest BCUT2D eigenvalue weighted by atomic mass is 19.1. The van der Waals surface area contributed by atoms with Crippen molar-refractivity contribution in [3.8, 4) is 5.75 Å². The molecule has 1 fully saturated rings. The van der Waals surface area contributed by atoms with Gasteiger partial charge in [-0.3, -0.25) is 4.90 Å². The third kappa shape index (κ3) is 4.76. The lowest BCUT2D eigenvalue weighted by Gasteiger charge is -2.29. The van der Waals surface area contributed by atoms with Crippen molar-refractivity contribution in [3.63, 3.8) is 0 Å². The molecule has 0 aromatic heterocycles. The molecule has 1 heterocycles. The molecule has 0 aliphatic carbocycles. The molecule has 1 aromatic rings. The highest BCUT2D eigenvalue weighted by molar-refractivity contribution is 5.23. The summed E-state index contributed by atoms with van der Waals surface area (Å²) < 4.78 is 19.0. The van der Waals surface area contributed by atoms with E-state index < -0.39 is 0 Å². The maximum atomic E-state index is 13.4. The predicted molar refractivity (Wildman–Crippen MR) is 79.6 cm³/mol. The quantitative estimate of drug-likeness (QED) is 0.830. The molecule has 0 radical (unpaired) electrons. The maximum absolute atomic E-state index is 13.4. The minimum absolute atomic E-state index is 0.283. The summed E-state index contributed by atoms with van der Waals surface area (Å²) in [5.74, 6) is 0.851. The van der Waals surface area contributed by atoms with Gasteiger partial charge in [-0.15, -0.1) is 0 Å². The minimum Gasteiger partial charge on any atom is -0.489 e. The number of piperidine rings is 1. The van der Waals surface area contributed by atoms with Crippen LogP contribution in [-0.2, 0) is 0 Å². The number of ether oxygens (including phenoxy) is 1. The summed E-state index contributed by atoms with van der Waals surface area (Å²) in [4.78, 5) is 2.40. The Hall–Kier alpha value is -1.13. The van der Waals surface area contributed by atoms with E-state index in [1.54, 1.807) is 18.2 Å². The highest BCUT2D eigenvalue weighted by Gasteiger charge is 2.16. The zero-order valence-corrected chi connectivity index (χ0v) is 12.3. The Bertz CT molecular complexity index is 394. The number of nitrogens with zero attached hydrogens (tertiary/aromatic N) is 1. The standard InChI is InChI=1S/C16H25FN2O/c1-2-19(13-14-7-9-18-10-8-14)11-12-20-16-6-4-3-5-15(16)17/h3-6,14,18H,2,7-13H2,1H3. The average molecular weight is 280 g/mol. The number of hydrogen-bond donors (Lipinski definition) is 1. The van der Waals surface area contributed by atoms with Gasteiger partial charge in [0.1, 0.15) is 6.61 Å². The van der Waals surface area contributed by atoms with Crippen molar-refractivity contribution in [3.05, 3.63) is 30.1 Å². The van der Waals surface area contributed by atoms with Gasteiger partial charge in [0, 0.05) is 13.1 Å². The minimum atomic E-state index is -0.283. The van der Waals surface area contributed by atoms with Crippen molar-refractivity contribution in [2.24, 2.45) is 5.92 Å². The third-order valence-electron chi connectivity index (χ3n) is 3.92. The molecule has 1 aromatic carbocycles. The number of likely N-dealkylation sites (N-methyl/N-ethyl adjacent to an activating group) is 1. The molecular formula is C16H25FN2O. The van der Waals surface area contributed by atoms with Crippen LogP contribution in [0, 0.1) is 11.7 Å². The Morgan fingerprint density at radius 1 is 1.30 bits per heavy atom. The van der Waals surface area contributed by atoms with Crippen molar-refractivity contribution in [1.29, 1.82) is 0 Å². The number of nitrogens with one attached hydrogen (secondary N) is 1. The third-order valence-corrected chi connectivity index (χ3v) is 3.92. The Morgan fingerprint density at radius 2 is 2.05 bits per heavy atom. The maximum Gasteiger partial charge on any atom is 0.165 e. The van der Waals surface area contributed by atoms with Gasteiger partial charge in [-0.05, 0) is 50.5 Å². The molecule has 1 saturated heterocycles. The highest BCUT2D eigenvalue weighted by Crippen LogP contribution is 2.16. The van der Waals surface area contributed by atoms with Gasteiger partial charge in [0.25, 0.3) is 0 Å². The van der Waals surface area contributed by atoms with Crippen LogP contribution in [-0.4, -0.2) is 44.2 Å². The first-order valence-corrected chi connectivity index (χ1v) is 7.60. The van der Waals surface area contributed by atoms with Crippen molar-refractivity contribution in [2.75, 3.05) is 39.3 Å². The van der Waals surface area contributed by atoms with E-state index in [2.05, 4.69) is 17.1 Å². The Labute approximate surface area is 121 Å². The summed E-state index contributed by atoms with van der Waals surface area (Å²) >= 11 is 0. The van der Waals surface area contributed by atoms with E-state index in [0.29, 0.717) is 12.4 Å². The Morgan fingerprint density at radius 3 is 2.75 bits per heavy atom. The fraction of sp³-hybridized carbons (Fsp3) is 0.625. The number of hydrogen-bond acceptors (Lipinski definition) is 3. The second-order valence-corrected chi connectivity index (χ2v) is 5.37. The van der Waals surface area contributed by atoms with Gasteiger partial charge < -0.3 is 10.1 Å². The molecule has 2 rings (SSSR count). The zero-order valence-electron chi connectivity index (χ0n) is 12.3. The van der Waals surface area contributed by atoms with Crippen molar-refractivity contribution >= 4 is 0 Å².